The Morgan fingerprint density at radius 2 is 2.09 bits per heavy atom. The lowest BCUT2D eigenvalue weighted by Gasteiger charge is -2.31. The summed E-state index contributed by atoms with van der Waals surface area (Å²) in [6.07, 6.45) is 0. The van der Waals surface area contributed by atoms with Crippen LogP contribution in [0.5, 0.6) is 0 Å². The van der Waals surface area contributed by atoms with Crippen molar-refractivity contribution in [3.8, 4) is 0 Å². The summed E-state index contributed by atoms with van der Waals surface area (Å²) in [5, 5.41) is 4.82. The molecule has 2 amide bonds. The van der Waals surface area contributed by atoms with Gasteiger partial charge in [-0.2, -0.15) is 9.54 Å². The van der Waals surface area contributed by atoms with Crippen LogP contribution in [-0.4, -0.2) is 41.7 Å². The smallest absolute Gasteiger partial charge is 0.344 e. The van der Waals surface area contributed by atoms with Crippen LogP contribution in [0.25, 0.3) is 0 Å². The average Bonchev–Trinajstić information content (AvgIpc) is 2.05. The standard InChI is InChI=1S/C5H11ClN4O/c6-10(5(7)11)9-3-1-8-2-4-9/h8H,1-4H2,(H2,7,11). The molecule has 0 unspecified atom stereocenters. The van der Waals surface area contributed by atoms with Crippen molar-refractivity contribution < 1.29 is 4.79 Å². The average molecular weight is 179 g/mol. The van der Waals surface area contributed by atoms with Gasteiger partial charge >= 0.3 is 6.03 Å². The number of hydrazine groups is 1. The SMILES string of the molecule is NC(=O)N(Cl)N1CCNCC1. The molecule has 1 saturated heterocycles. The zero-order chi connectivity index (χ0) is 8.27. The molecule has 0 aromatic carbocycles. The topological polar surface area (TPSA) is 61.6 Å². The molecule has 64 valence electrons. The monoisotopic (exact) mass is 178 g/mol. The van der Waals surface area contributed by atoms with E-state index in [9.17, 15) is 4.79 Å². The third-order valence-corrected chi connectivity index (χ3v) is 1.90. The highest BCUT2D eigenvalue weighted by Gasteiger charge is 2.18. The van der Waals surface area contributed by atoms with E-state index in [0.717, 1.165) is 17.6 Å². The van der Waals surface area contributed by atoms with Crippen LogP contribution < -0.4 is 11.1 Å². The second kappa shape index (κ2) is 3.75. The fraction of sp³-hybridized carbons (Fsp3) is 0.800. The maximum atomic E-state index is 10.6. The molecule has 5 nitrogen and oxygen atoms in total. The number of piperazine rings is 1. The molecular formula is C5H11ClN4O. The lowest BCUT2D eigenvalue weighted by atomic mass is 10.4. The van der Waals surface area contributed by atoms with Gasteiger partial charge < -0.3 is 11.1 Å². The van der Waals surface area contributed by atoms with Gasteiger partial charge in [-0.15, -0.1) is 0 Å². The van der Waals surface area contributed by atoms with Gasteiger partial charge in [0.05, 0.1) is 0 Å². The van der Waals surface area contributed by atoms with Crippen molar-refractivity contribution in [3.05, 3.63) is 0 Å². The van der Waals surface area contributed by atoms with Crippen LogP contribution in [-0.2, 0) is 0 Å². The number of carbonyl (C=O) groups is 1. The van der Waals surface area contributed by atoms with Crippen molar-refractivity contribution in [2.45, 2.75) is 0 Å². The minimum absolute atomic E-state index is 0.631. The van der Waals surface area contributed by atoms with Crippen molar-refractivity contribution in [3.63, 3.8) is 0 Å². The van der Waals surface area contributed by atoms with Gasteiger partial charge in [-0.3, -0.25) is 0 Å². The lowest BCUT2D eigenvalue weighted by molar-refractivity contribution is 0.0786. The summed E-state index contributed by atoms with van der Waals surface area (Å²) >= 11 is 5.55. The molecule has 0 saturated carbocycles. The second-order valence-corrected chi connectivity index (χ2v) is 2.62. The first-order valence-electron chi connectivity index (χ1n) is 3.42. The van der Waals surface area contributed by atoms with Crippen LogP contribution in [0.2, 0.25) is 0 Å². The van der Waals surface area contributed by atoms with E-state index in [2.05, 4.69) is 5.32 Å². The van der Waals surface area contributed by atoms with Gasteiger partial charge in [-0.05, 0) is 0 Å². The van der Waals surface area contributed by atoms with Crippen molar-refractivity contribution in [2.24, 2.45) is 5.73 Å². The van der Waals surface area contributed by atoms with E-state index in [4.69, 9.17) is 17.5 Å². The minimum Gasteiger partial charge on any atom is -0.349 e. The third kappa shape index (κ3) is 2.21. The zero-order valence-corrected chi connectivity index (χ0v) is 6.84. The number of primary amides is 1. The van der Waals surface area contributed by atoms with E-state index < -0.39 is 6.03 Å². The van der Waals surface area contributed by atoms with Crippen molar-refractivity contribution in [1.82, 2.24) is 14.9 Å². The summed E-state index contributed by atoms with van der Waals surface area (Å²) in [5.41, 5.74) is 4.96. The van der Waals surface area contributed by atoms with Gasteiger partial charge in [0.2, 0.25) is 0 Å². The van der Waals surface area contributed by atoms with Gasteiger partial charge in [-0.1, -0.05) is 0 Å². The molecule has 0 aromatic rings. The van der Waals surface area contributed by atoms with Gasteiger partial charge in [-0.25, -0.2) is 4.79 Å². The van der Waals surface area contributed by atoms with Crippen LogP contribution in [0.4, 0.5) is 4.79 Å². The Balaban J connectivity index is 2.38. The molecule has 0 spiro atoms. The third-order valence-electron chi connectivity index (χ3n) is 1.52. The summed E-state index contributed by atoms with van der Waals surface area (Å²) < 4.78 is 0.931. The van der Waals surface area contributed by atoms with Gasteiger partial charge in [0.1, 0.15) is 0 Å². The number of rotatable bonds is 1. The molecular weight excluding hydrogens is 168 g/mol. The Hall–Kier alpha value is -0.520. The Labute approximate surface area is 70.1 Å². The van der Waals surface area contributed by atoms with Crippen LogP contribution in [0.15, 0.2) is 0 Å². The molecule has 1 aliphatic heterocycles. The van der Waals surface area contributed by atoms with Crippen LogP contribution >= 0.6 is 11.8 Å². The first kappa shape index (κ1) is 8.58. The number of amides is 2. The van der Waals surface area contributed by atoms with E-state index in [-0.39, 0.29) is 0 Å². The molecule has 0 aliphatic carbocycles. The molecule has 1 heterocycles. The number of nitrogens with two attached hydrogens (primary N) is 1. The number of hydrogen-bond donors (Lipinski definition) is 2. The Bertz CT molecular complexity index is 147. The van der Waals surface area contributed by atoms with Crippen molar-refractivity contribution in [1.29, 1.82) is 0 Å². The van der Waals surface area contributed by atoms with Gasteiger partial charge in [0, 0.05) is 38.0 Å². The highest BCUT2D eigenvalue weighted by atomic mass is 35.5. The Morgan fingerprint density at radius 1 is 1.55 bits per heavy atom. The first-order valence-corrected chi connectivity index (χ1v) is 3.76. The molecule has 1 rings (SSSR count). The number of carbonyl (C=O) groups excluding carboxylic acids is 1. The summed E-state index contributed by atoms with van der Waals surface area (Å²) in [5.74, 6) is 0. The summed E-state index contributed by atoms with van der Waals surface area (Å²) in [6.45, 7) is 3.09. The van der Waals surface area contributed by atoms with Crippen LogP contribution in [0, 0.1) is 0 Å². The number of hydrogen-bond acceptors (Lipinski definition) is 3. The molecule has 0 bridgehead atoms. The van der Waals surface area contributed by atoms with Crippen molar-refractivity contribution >= 4 is 17.8 Å². The minimum atomic E-state index is -0.631. The quantitative estimate of drug-likeness (QED) is 0.525. The number of halogens is 1. The fourth-order valence-corrected chi connectivity index (χ4v) is 1.12. The summed E-state index contributed by atoms with van der Waals surface area (Å²) in [7, 11) is 0. The maximum Gasteiger partial charge on any atom is 0.344 e. The first-order chi connectivity index (χ1) is 5.22. The highest BCUT2D eigenvalue weighted by Crippen LogP contribution is 2.02. The molecule has 11 heavy (non-hydrogen) atoms. The molecule has 1 aliphatic rings. The fourth-order valence-electron chi connectivity index (χ4n) is 0.968. The molecule has 0 radical (unpaired) electrons. The Morgan fingerprint density at radius 3 is 2.55 bits per heavy atom. The van der Waals surface area contributed by atoms with E-state index in [1.807, 2.05) is 0 Å². The molecule has 0 aromatic heterocycles. The van der Waals surface area contributed by atoms with Gasteiger partial charge in [0.25, 0.3) is 0 Å². The highest BCUT2D eigenvalue weighted by molar-refractivity contribution is 6.20. The van der Waals surface area contributed by atoms with E-state index in [1.54, 1.807) is 5.01 Å². The number of nitrogens with one attached hydrogen (secondary N) is 1. The normalized spacial score (nSPS) is 19.7. The van der Waals surface area contributed by atoms with E-state index >= 15 is 0 Å². The maximum absolute atomic E-state index is 10.6. The summed E-state index contributed by atoms with van der Waals surface area (Å²) in [4.78, 5) is 10.6. The zero-order valence-electron chi connectivity index (χ0n) is 6.09. The Kier molecular flexibility index (Phi) is 2.92. The summed E-state index contributed by atoms with van der Waals surface area (Å²) in [6, 6.07) is -0.631. The van der Waals surface area contributed by atoms with Crippen LogP contribution in [0.1, 0.15) is 0 Å². The largest absolute Gasteiger partial charge is 0.349 e. The van der Waals surface area contributed by atoms with E-state index in [0.29, 0.717) is 13.1 Å². The van der Waals surface area contributed by atoms with Crippen molar-refractivity contribution in [2.75, 3.05) is 26.2 Å². The number of nitrogens with zero attached hydrogens (tertiary/aromatic N) is 2. The van der Waals surface area contributed by atoms with Crippen LogP contribution in [0.3, 0.4) is 0 Å². The number of urea groups is 1. The lowest BCUT2D eigenvalue weighted by Crippen LogP contribution is -2.52. The van der Waals surface area contributed by atoms with E-state index in [1.165, 1.54) is 0 Å². The molecule has 3 N–H and O–H groups in total. The molecule has 0 atom stereocenters. The predicted octanol–water partition coefficient (Wildman–Crippen LogP) is -0.659. The second-order valence-electron chi connectivity index (χ2n) is 2.30. The molecule has 1 fully saturated rings. The molecule has 6 heteroatoms. The predicted molar refractivity (Wildman–Crippen MR) is 41.7 cm³/mol. The van der Waals surface area contributed by atoms with Gasteiger partial charge in [0.15, 0.2) is 0 Å².